The zero-order valence-electron chi connectivity index (χ0n) is 13.0. The van der Waals surface area contributed by atoms with E-state index >= 15 is 0 Å². The van der Waals surface area contributed by atoms with Crippen LogP contribution in [0.1, 0.15) is 16.1 Å². The lowest BCUT2D eigenvalue weighted by atomic mass is 10.2. The van der Waals surface area contributed by atoms with E-state index < -0.39 is 11.8 Å². The molecule has 1 aromatic carbocycles. The van der Waals surface area contributed by atoms with Crippen LogP contribution < -0.4 is 20.9 Å². The van der Waals surface area contributed by atoms with Crippen molar-refractivity contribution < 1.29 is 18.7 Å². The van der Waals surface area contributed by atoms with Crippen molar-refractivity contribution in [2.75, 3.05) is 7.11 Å². The number of hydrogen-bond donors (Lipinski definition) is 3. The lowest BCUT2D eigenvalue weighted by Gasteiger charge is -2.10. The largest absolute Gasteiger partial charge is 0.496 e. The molecule has 0 spiro atoms. The molecule has 0 bridgehead atoms. The molecule has 2 amide bonds. The first-order valence-electron chi connectivity index (χ1n) is 6.96. The average molecular weight is 424 g/mol. The molecular formula is C16H14BrN3O4S. The molecule has 0 fully saturated rings. The number of hydrazine groups is 1. The van der Waals surface area contributed by atoms with Crippen molar-refractivity contribution in [3.05, 3.63) is 58.5 Å². The summed E-state index contributed by atoms with van der Waals surface area (Å²) < 4.78 is 10.8. The number of carbonyl (C=O) groups is 2. The molecule has 1 aromatic heterocycles. The number of furan rings is 1. The van der Waals surface area contributed by atoms with E-state index in [-0.39, 0.29) is 5.11 Å². The van der Waals surface area contributed by atoms with Crippen molar-refractivity contribution in [1.82, 2.24) is 16.2 Å². The summed E-state index contributed by atoms with van der Waals surface area (Å²) in [5, 5.41) is 2.34. The quantitative estimate of drug-likeness (QED) is 0.397. The second-order valence-electron chi connectivity index (χ2n) is 4.60. The number of amides is 2. The van der Waals surface area contributed by atoms with Gasteiger partial charge in [0, 0.05) is 11.6 Å². The summed E-state index contributed by atoms with van der Waals surface area (Å²) in [5.74, 6) is 0.254. The fourth-order valence-corrected chi connectivity index (χ4v) is 2.41. The highest BCUT2D eigenvalue weighted by Crippen LogP contribution is 2.25. The fourth-order valence-electron chi connectivity index (χ4n) is 1.72. The van der Waals surface area contributed by atoms with Gasteiger partial charge in [-0.1, -0.05) is 0 Å². The van der Waals surface area contributed by atoms with Crippen LogP contribution in [0, 0.1) is 0 Å². The number of nitrogens with one attached hydrogen (secondary N) is 3. The number of halogens is 1. The summed E-state index contributed by atoms with van der Waals surface area (Å²) >= 11 is 8.23. The van der Waals surface area contributed by atoms with Crippen LogP contribution in [0.25, 0.3) is 6.08 Å². The number of ether oxygens (including phenoxy) is 1. The maximum atomic E-state index is 12.0. The van der Waals surface area contributed by atoms with Crippen LogP contribution in [0.2, 0.25) is 0 Å². The van der Waals surface area contributed by atoms with Crippen LogP contribution in [0.4, 0.5) is 0 Å². The van der Waals surface area contributed by atoms with Gasteiger partial charge in [0.05, 0.1) is 17.8 Å². The minimum absolute atomic E-state index is 0.0463. The Kier molecular flexibility index (Phi) is 6.72. The van der Waals surface area contributed by atoms with Gasteiger partial charge in [0.15, 0.2) is 5.11 Å². The van der Waals surface area contributed by atoms with Crippen molar-refractivity contribution in [3.63, 3.8) is 0 Å². The van der Waals surface area contributed by atoms with Crippen LogP contribution in [0.15, 0.2) is 51.6 Å². The summed E-state index contributed by atoms with van der Waals surface area (Å²) in [6.07, 6.45) is 4.25. The van der Waals surface area contributed by atoms with Gasteiger partial charge in [0.25, 0.3) is 5.91 Å². The van der Waals surface area contributed by atoms with Crippen LogP contribution >= 0.6 is 28.1 Å². The first-order valence-corrected chi connectivity index (χ1v) is 8.16. The molecule has 0 unspecified atom stereocenters. The molecule has 0 radical (unpaired) electrons. The van der Waals surface area contributed by atoms with Gasteiger partial charge in [0.2, 0.25) is 5.91 Å². The molecule has 0 aliphatic rings. The Hall–Kier alpha value is -2.65. The van der Waals surface area contributed by atoms with Crippen LogP contribution in [-0.4, -0.2) is 24.0 Å². The summed E-state index contributed by atoms with van der Waals surface area (Å²) in [6.45, 7) is 0. The van der Waals surface area contributed by atoms with Gasteiger partial charge in [-0.05, 0) is 64.6 Å². The molecule has 0 saturated carbocycles. The van der Waals surface area contributed by atoms with Gasteiger partial charge in [-0.25, -0.2) is 0 Å². The monoisotopic (exact) mass is 423 g/mol. The van der Waals surface area contributed by atoms with E-state index in [0.29, 0.717) is 21.5 Å². The van der Waals surface area contributed by atoms with Gasteiger partial charge in [-0.3, -0.25) is 25.8 Å². The number of methoxy groups -OCH3 is 1. The molecule has 0 saturated heterocycles. The standard InChI is InChI=1S/C16H14BrN3O4S/c1-23-13-6-4-10(9-12(13)17)15(22)19-20-16(25)18-14(21)7-5-11-3-2-8-24-11/h2-9H,1H3,(H,19,22)(H2,18,20,21,25)/b7-5+. The minimum atomic E-state index is -0.463. The first-order chi connectivity index (χ1) is 12.0. The molecule has 25 heavy (non-hydrogen) atoms. The second-order valence-corrected chi connectivity index (χ2v) is 5.86. The molecule has 7 nitrogen and oxygen atoms in total. The van der Waals surface area contributed by atoms with Gasteiger partial charge in [-0.15, -0.1) is 0 Å². The molecule has 0 aliphatic carbocycles. The van der Waals surface area contributed by atoms with Crippen molar-refractivity contribution in [1.29, 1.82) is 0 Å². The maximum absolute atomic E-state index is 12.0. The molecule has 0 aliphatic heterocycles. The summed E-state index contributed by atoms with van der Waals surface area (Å²) in [7, 11) is 1.53. The van der Waals surface area contributed by atoms with Gasteiger partial charge >= 0.3 is 0 Å². The lowest BCUT2D eigenvalue weighted by Crippen LogP contribution is -2.48. The van der Waals surface area contributed by atoms with Crippen molar-refractivity contribution in [2.24, 2.45) is 0 Å². The molecule has 9 heteroatoms. The molecule has 3 N–H and O–H groups in total. The van der Waals surface area contributed by atoms with E-state index in [1.165, 1.54) is 25.5 Å². The maximum Gasteiger partial charge on any atom is 0.269 e. The van der Waals surface area contributed by atoms with Crippen molar-refractivity contribution in [3.8, 4) is 5.75 Å². The van der Waals surface area contributed by atoms with Gasteiger partial charge in [-0.2, -0.15) is 0 Å². The Morgan fingerprint density at radius 3 is 2.72 bits per heavy atom. The Labute approximate surface area is 157 Å². The molecule has 1 heterocycles. The fraction of sp³-hybridized carbons (Fsp3) is 0.0625. The number of thiocarbonyl (C=S) groups is 1. The van der Waals surface area contributed by atoms with E-state index in [1.807, 2.05) is 0 Å². The zero-order chi connectivity index (χ0) is 18.2. The molecular weight excluding hydrogens is 410 g/mol. The molecule has 2 rings (SSSR count). The number of benzene rings is 1. The second kappa shape index (κ2) is 9.00. The van der Waals surface area contributed by atoms with Crippen LogP contribution in [0.3, 0.4) is 0 Å². The Morgan fingerprint density at radius 2 is 2.08 bits per heavy atom. The lowest BCUT2D eigenvalue weighted by molar-refractivity contribution is -0.115. The molecule has 130 valence electrons. The Balaban J connectivity index is 1.82. The predicted molar refractivity (Wildman–Crippen MR) is 99.8 cm³/mol. The third-order valence-corrected chi connectivity index (χ3v) is 3.71. The molecule has 2 aromatic rings. The normalized spacial score (nSPS) is 10.3. The van der Waals surface area contributed by atoms with E-state index in [2.05, 4.69) is 32.1 Å². The number of rotatable bonds is 4. The van der Waals surface area contributed by atoms with Gasteiger partial charge < -0.3 is 9.15 Å². The highest BCUT2D eigenvalue weighted by molar-refractivity contribution is 9.10. The summed E-state index contributed by atoms with van der Waals surface area (Å²) in [4.78, 5) is 23.7. The van der Waals surface area contributed by atoms with E-state index in [9.17, 15) is 9.59 Å². The predicted octanol–water partition coefficient (Wildman–Crippen LogP) is 2.40. The first kappa shape index (κ1) is 18.7. The number of hydrogen-bond acceptors (Lipinski definition) is 5. The smallest absolute Gasteiger partial charge is 0.269 e. The summed E-state index contributed by atoms with van der Waals surface area (Å²) in [6, 6.07) is 8.25. The summed E-state index contributed by atoms with van der Waals surface area (Å²) in [5.41, 5.74) is 5.22. The van der Waals surface area contributed by atoms with Crippen LogP contribution in [0.5, 0.6) is 5.75 Å². The van der Waals surface area contributed by atoms with Crippen molar-refractivity contribution in [2.45, 2.75) is 0 Å². The Morgan fingerprint density at radius 1 is 1.28 bits per heavy atom. The van der Waals surface area contributed by atoms with Gasteiger partial charge in [0.1, 0.15) is 11.5 Å². The molecule has 0 atom stereocenters. The highest BCUT2D eigenvalue weighted by atomic mass is 79.9. The van der Waals surface area contributed by atoms with E-state index in [0.717, 1.165) is 0 Å². The highest BCUT2D eigenvalue weighted by Gasteiger charge is 2.09. The van der Waals surface area contributed by atoms with E-state index in [4.69, 9.17) is 21.4 Å². The zero-order valence-corrected chi connectivity index (χ0v) is 15.4. The van der Waals surface area contributed by atoms with Crippen molar-refractivity contribution >= 4 is 51.2 Å². The average Bonchev–Trinajstić information content (AvgIpc) is 3.11. The van der Waals surface area contributed by atoms with E-state index in [1.54, 1.807) is 30.3 Å². The third kappa shape index (κ3) is 5.73. The third-order valence-electron chi connectivity index (χ3n) is 2.88. The number of carbonyl (C=O) groups excluding carboxylic acids is 2. The van der Waals surface area contributed by atoms with Crippen LogP contribution in [-0.2, 0) is 4.79 Å². The topological polar surface area (TPSA) is 92.6 Å². The minimum Gasteiger partial charge on any atom is -0.496 e. The Bertz CT molecular complexity index is 806. The SMILES string of the molecule is COc1ccc(C(=O)NNC(=S)NC(=O)/C=C/c2ccco2)cc1Br.